The van der Waals surface area contributed by atoms with E-state index in [1.54, 1.807) is 11.3 Å². The number of hydrogen-bond donors (Lipinski definition) is 1. The standard InChI is InChI=1S/C10H9ClOS2/c11-10-4-7(6-14-10)9(12)5-8-2-1-3-13-8/h1-4,6,9,12H,5H2. The van der Waals surface area contributed by atoms with E-state index >= 15 is 0 Å². The van der Waals surface area contributed by atoms with Crippen molar-refractivity contribution in [3.63, 3.8) is 0 Å². The summed E-state index contributed by atoms with van der Waals surface area (Å²) in [4.78, 5) is 1.19. The Morgan fingerprint density at radius 2 is 2.29 bits per heavy atom. The summed E-state index contributed by atoms with van der Waals surface area (Å²) < 4.78 is 0.727. The fourth-order valence-corrected chi connectivity index (χ4v) is 2.92. The Kier molecular flexibility index (Phi) is 3.23. The van der Waals surface area contributed by atoms with Gasteiger partial charge in [-0.2, -0.15) is 0 Å². The van der Waals surface area contributed by atoms with Crippen LogP contribution >= 0.6 is 34.3 Å². The third-order valence-electron chi connectivity index (χ3n) is 1.95. The molecule has 0 fully saturated rings. The number of aliphatic hydroxyl groups excluding tert-OH is 1. The first kappa shape index (κ1) is 10.2. The number of aliphatic hydroxyl groups is 1. The van der Waals surface area contributed by atoms with Crippen molar-refractivity contribution in [1.82, 2.24) is 0 Å². The van der Waals surface area contributed by atoms with Crippen LogP contribution < -0.4 is 0 Å². The fourth-order valence-electron chi connectivity index (χ4n) is 1.24. The molecule has 0 saturated heterocycles. The molecule has 1 unspecified atom stereocenters. The van der Waals surface area contributed by atoms with Crippen LogP contribution in [0.5, 0.6) is 0 Å². The highest BCUT2D eigenvalue weighted by Gasteiger charge is 2.10. The normalized spacial score (nSPS) is 13.0. The lowest BCUT2D eigenvalue weighted by Gasteiger charge is -2.06. The molecule has 0 spiro atoms. The van der Waals surface area contributed by atoms with Crippen LogP contribution in [0.15, 0.2) is 29.0 Å². The second kappa shape index (κ2) is 4.45. The maximum atomic E-state index is 9.86. The van der Waals surface area contributed by atoms with Gasteiger partial charge in [-0.3, -0.25) is 0 Å². The lowest BCUT2D eigenvalue weighted by Crippen LogP contribution is -1.98. The first-order valence-electron chi connectivity index (χ1n) is 4.20. The summed E-state index contributed by atoms with van der Waals surface area (Å²) in [5.41, 5.74) is 0.911. The first-order chi connectivity index (χ1) is 6.75. The zero-order valence-electron chi connectivity index (χ0n) is 7.31. The molecule has 0 aliphatic carbocycles. The highest BCUT2D eigenvalue weighted by atomic mass is 35.5. The van der Waals surface area contributed by atoms with Crippen LogP contribution in [-0.4, -0.2) is 5.11 Å². The van der Waals surface area contributed by atoms with Crippen LogP contribution in [0.25, 0.3) is 0 Å². The van der Waals surface area contributed by atoms with Crippen molar-refractivity contribution < 1.29 is 5.11 Å². The van der Waals surface area contributed by atoms with Gasteiger partial charge in [0.15, 0.2) is 0 Å². The van der Waals surface area contributed by atoms with Gasteiger partial charge in [-0.05, 0) is 28.5 Å². The lowest BCUT2D eigenvalue weighted by atomic mass is 10.1. The Morgan fingerprint density at radius 1 is 1.43 bits per heavy atom. The maximum absolute atomic E-state index is 9.86. The van der Waals surface area contributed by atoms with E-state index in [2.05, 4.69) is 0 Å². The van der Waals surface area contributed by atoms with Crippen molar-refractivity contribution in [3.8, 4) is 0 Å². The Bertz CT molecular complexity index is 394. The summed E-state index contributed by atoms with van der Waals surface area (Å²) in [6.07, 6.45) is 0.238. The Labute approximate surface area is 95.6 Å². The molecule has 0 amide bonds. The third kappa shape index (κ3) is 2.36. The molecule has 0 aliphatic heterocycles. The SMILES string of the molecule is OC(Cc1cccs1)c1csc(Cl)c1. The van der Waals surface area contributed by atoms with Crippen LogP contribution in [-0.2, 0) is 6.42 Å². The summed E-state index contributed by atoms with van der Waals surface area (Å²) in [7, 11) is 0. The minimum atomic E-state index is -0.433. The van der Waals surface area contributed by atoms with Gasteiger partial charge in [0, 0.05) is 11.3 Å². The molecule has 0 radical (unpaired) electrons. The fraction of sp³-hybridized carbons (Fsp3) is 0.200. The molecular weight excluding hydrogens is 236 g/mol. The lowest BCUT2D eigenvalue weighted by molar-refractivity contribution is 0.180. The summed E-state index contributed by atoms with van der Waals surface area (Å²) in [5, 5.41) is 13.8. The van der Waals surface area contributed by atoms with Gasteiger partial charge in [0.05, 0.1) is 10.4 Å². The molecule has 2 heterocycles. The molecule has 2 rings (SSSR count). The van der Waals surface area contributed by atoms with Crippen molar-refractivity contribution in [2.45, 2.75) is 12.5 Å². The molecule has 0 bridgehead atoms. The Morgan fingerprint density at radius 3 is 2.86 bits per heavy atom. The zero-order valence-corrected chi connectivity index (χ0v) is 9.70. The zero-order chi connectivity index (χ0) is 9.97. The van der Waals surface area contributed by atoms with Crippen LogP contribution in [0.2, 0.25) is 4.34 Å². The predicted octanol–water partition coefficient (Wildman–Crippen LogP) is 3.74. The molecule has 2 aromatic rings. The monoisotopic (exact) mass is 244 g/mol. The van der Waals surface area contributed by atoms with E-state index in [0.29, 0.717) is 6.42 Å². The number of halogens is 1. The molecule has 1 nitrogen and oxygen atoms in total. The first-order valence-corrected chi connectivity index (χ1v) is 6.34. The molecule has 0 aliphatic rings. The van der Waals surface area contributed by atoms with E-state index in [1.165, 1.54) is 16.2 Å². The summed E-state index contributed by atoms with van der Waals surface area (Å²) in [6.45, 7) is 0. The Balaban J connectivity index is 2.06. The van der Waals surface area contributed by atoms with Gasteiger partial charge in [-0.1, -0.05) is 17.7 Å². The van der Waals surface area contributed by atoms with Gasteiger partial charge in [0.25, 0.3) is 0 Å². The van der Waals surface area contributed by atoms with E-state index < -0.39 is 6.10 Å². The molecule has 1 atom stereocenters. The molecule has 14 heavy (non-hydrogen) atoms. The summed E-state index contributed by atoms with van der Waals surface area (Å²) >= 11 is 8.91. The molecule has 1 N–H and O–H groups in total. The smallest absolute Gasteiger partial charge is 0.0932 e. The highest BCUT2D eigenvalue weighted by molar-refractivity contribution is 7.14. The van der Waals surface area contributed by atoms with E-state index in [4.69, 9.17) is 11.6 Å². The van der Waals surface area contributed by atoms with Gasteiger partial charge in [-0.15, -0.1) is 22.7 Å². The number of rotatable bonds is 3. The van der Waals surface area contributed by atoms with Crippen molar-refractivity contribution in [2.75, 3.05) is 0 Å². The van der Waals surface area contributed by atoms with Crippen molar-refractivity contribution in [2.24, 2.45) is 0 Å². The minimum Gasteiger partial charge on any atom is -0.388 e. The quantitative estimate of drug-likeness (QED) is 0.872. The number of thiophene rings is 2. The van der Waals surface area contributed by atoms with Crippen LogP contribution in [0.4, 0.5) is 0 Å². The van der Waals surface area contributed by atoms with Crippen LogP contribution in [0.3, 0.4) is 0 Å². The minimum absolute atomic E-state index is 0.433. The predicted molar refractivity (Wildman–Crippen MR) is 62.3 cm³/mol. The largest absolute Gasteiger partial charge is 0.388 e. The van der Waals surface area contributed by atoms with E-state index in [1.807, 2.05) is 29.0 Å². The molecule has 0 aromatic carbocycles. The van der Waals surface area contributed by atoms with Crippen molar-refractivity contribution in [1.29, 1.82) is 0 Å². The summed E-state index contributed by atoms with van der Waals surface area (Å²) in [5.74, 6) is 0. The number of hydrogen-bond acceptors (Lipinski definition) is 3. The average Bonchev–Trinajstić information content (AvgIpc) is 2.75. The van der Waals surface area contributed by atoms with E-state index in [9.17, 15) is 5.11 Å². The molecule has 0 saturated carbocycles. The second-order valence-electron chi connectivity index (χ2n) is 2.98. The average molecular weight is 245 g/mol. The second-order valence-corrected chi connectivity index (χ2v) is 5.56. The van der Waals surface area contributed by atoms with E-state index in [0.717, 1.165) is 9.90 Å². The van der Waals surface area contributed by atoms with Gasteiger partial charge >= 0.3 is 0 Å². The van der Waals surface area contributed by atoms with Gasteiger partial charge in [-0.25, -0.2) is 0 Å². The summed E-state index contributed by atoms with van der Waals surface area (Å²) in [6, 6.07) is 5.85. The Hall–Kier alpha value is -0.350. The van der Waals surface area contributed by atoms with Crippen molar-refractivity contribution in [3.05, 3.63) is 43.7 Å². The molecular formula is C10H9ClOS2. The molecule has 4 heteroatoms. The molecule has 2 aromatic heterocycles. The molecule has 74 valence electrons. The topological polar surface area (TPSA) is 20.2 Å². The highest BCUT2D eigenvalue weighted by Crippen LogP contribution is 2.27. The van der Waals surface area contributed by atoms with E-state index in [-0.39, 0.29) is 0 Å². The van der Waals surface area contributed by atoms with Gasteiger partial charge in [0.1, 0.15) is 0 Å². The van der Waals surface area contributed by atoms with Gasteiger partial charge < -0.3 is 5.11 Å². The third-order valence-corrected chi connectivity index (χ3v) is 3.96. The van der Waals surface area contributed by atoms with Crippen LogP contribution in [0, 0.1) is 0 Å². The van der Waals surface area contributed by atoms with Crippen molar-refractivity contribution >= 4 is 34.3 Å². The van der Waals surface area contributed by atoms with Crippen LogP contribution in [0.1, 0.15) is 16.5 Å². The van der Waals surface area contributed by atoms with Gasteiger partial charge in [0.2, 0.25) is 0 Å². The maximum Gasteiger partial charge on any atom is 0.0932 e.